The van der Waals surface area contributed by atoms with Crippen molar-refractivity contribution in [2.75, 3.05) is 16.9 Å². The fourth-order valence-corrected chi connectivity index (χ4v) is 3.89. The minimum absolute atomic E-state index is 0.00289. The van der Waals surface area contributed by atoms with Gasteiger partial charge in [0.1, 0.15) is 0 Å². The van der Waals surface area contributed by atoms with Crippen molar-refractivity contribution in [2.24, 2.45) is 5.92 Å². The third kappa shape index (κ3) is 5.32. The second kappa shape index (κ2) is 8.61. The topological polar surface area (TPSA) is 92.3 Å². The Balaban J connectivity index is 1.70. The van der Waals surface area contributed by atoms with Crippen molar-refractivity contribution in [1.82, 2.24) is 0 Å². The molecule has 0 aromatic heterocycles. The minimum atomic E-state index is -3.39. The maximum Gasteiger partial charge on any atom is 0.255 e. The molecule has 1 atom stereocenters. The fraction of sp³-hybridized carbons (Fsp3) is 0.273. The first-order chi connectivity index (χ1) is 13.7. The molecule has 0 heterocycles. The van der Waals surface area contributed by atoms with E-state index in [0.717, 1.165) is 31.1 Å². The number of allylic oxidation sites excluding steroid dienone is 2. The van der Waals surface area contributed by atoms with E-state index in [1.54, 1.807) is 24.3 Å². The lowest BCUT2D eigenvalue weighted by Gasteiger charge is -2.18. The second-order valence-electron chi connectivity index (χ2n) is 7.25. The Morgan fingerprint density at radius 3 is 2.48 bits per heavy atom. The summed E-state index contributed by atoms with van der Waals surface area (Å²) in [5.41, 5.74) is 2.33. The first kappa shape index (κ1) is 20.8. The zero-order valence-corrected chi connectivity index (χ0v) is 17.3. The number of hydrogen-bond donors (Lipinski definition) is 2. The van der Waals surface area contributed by atoms with Gasteiger partial charge in [-0.15, -0.1) is 0 Å². The summed E-state index contributed by atoms with van der Waals surface area (Å²) >= 11 is 0. The van der Waals surface area contributed by atoms with E-state index in [-0.39, 0.29) is 22.3 Å². The van der Waals surface area contributed by atoms with Gasteiger partial charge in [0.25, 0.3) is 5.91 Å². The molecule has 3 rings (SSSR count). The Morgan fingerprint density at radius 2 is 1.83 bits per heavy atom. The Morgan fingerprint density at radius 1 is 1.03 bits per heavy atom. The quantitative estimate of drug-likeness (QED) is 0.728. The maximum atomic E-state index is 12.5. The lowest BCUT2D eigenvalue weighted by Crippen LogP contribution is -2.23. The predicted molar refractivity (Wildman–Crippen MR) is 114 cm³/mol. The molecule has 2 amide bonds. The largest absolute Gasteiger partial charge is 0.326 e. The highest BCUT2D eigenvalue weighted by atomic mass is 32.2. The molecule has 7 heteroatoms. The monoisotopic (exact) mass is 412 g/mol. The molecule has 1 unspecified atom stereocenters. The van der Waals surface area contributed by atoms with Crippen molar-refractivity contribution in [3.05, 3.63) is 65.7 Å². The van der Waals surface area contributed by atoms with Crippen molar-refractivity contribution >= 4 is 33.0 Å². The highest BCUT2D eigenvalue weighted by molar-refractivity contribution is 7.90. The van der Waals surface area contributed by atoms with Crippen LogP contribution >= 0.6 is 0 Å². The van der Waals surface area contributed by atoms with Gasteiger partial charge in [0.15, 0.2) is 9.84 Å². The molecule has 0 saturated carbocycles. The van der Waals surface area contributed by atoms with Gasteiger partial charge in [0.2, 0.25) is 5.91 Å². The lowest BCUT2D eigenvalue weighted by atomic mass is 9.93. The predicted octanol–water partition coefficient (Wildman–Crippen LogP) is 3.95. The number of amides is 2. The average molecular weight is 413 g/mol. The highest BCUT2D eigenvalue weighted by Crippen LogP contribution is 2.24. The molecule has 2 aromatic carbocycles. The molecule has 0 fully saturated rings. The number of nitrogens with one attached hydrogen (secondary N) is 2. The minimum Gasteiger partial charge on any atom is -0.326 e. The molecule has 29 heavy (non-hydrogen) atoms. The Bertz CT molecular complexity index is 1070. The van der Waals surface area contributed by atoms with Gasteiger partial charge in [-0.25, -0.2) is 8.42 Å². The van der Waals surface area contributed by atoms with Gasteiger partial charge < -0.3 is 10.6 Å². The van der Waals surface area contributed by atoms with E-state index in [9.17, 15) is 18.0 Å². The van der Waals surface area contributed by atoms with Crippen LogP contribution in [0.3, 0.4) is 0 Å². The van der Waals surface area contributed by atoms with E-state index in [4.69, 9.17) is 0 Å². The number of anilines is 2. The van der Waals surface area contributed by atoms with E-state index >= 15 is 0 Å². The summed E-state index contributed by atoms with van der Waals surface area (Å²) in [7, 11) is -3.39. The number of carbonyl (C=O) groups excluding carboxylic acids is 2. The van der Waals surface area contributed by atoms with Gasteiger partial charge in [0.05, 0.1) is 4.90 Å². The molecule has 1 aliphatic rings. The summed E-state index contributed by atoms with van der Waals surface area (Å²) in [5.74, 6) is -0.408. The van der Waals surface area contributed by atoms with Gasteiger partial charge >= 0.3 is 0 Å². The molecule has 0 aliphatic heterocycles. The van der Waals surface area contributed by atoms with Crippen LogP contribution in [0.5, 0.6) is 0 Å². The molecule has 0 bridgehead atoms. The Hall–Kier alpha value is -2.93. The summed E-state index contributed by atoms with van der Waals surface area (Å²) in [6.45, 7) is 1.83. The molecular weight excluding hydrogens is 388 g/mol. The summed E-state index contributed by atoms with van der Waals surface area (Å²) < 4.78 is 23.4. The van der Waals surface area contributed by atoms with Crippen LogP contribution in [0.2, 0.25) is 0 Å². The molecule has 152 valence electrons. The number of sulfone groups is 1. The van der Waals surface area contributed by atoms with E-state index in [1.807, 2.05) is 13.0 Å². The van der Waals surface area contributed by atoms with Crippen LogP contribution in [0.1, 0.15) is 35.2 Å². The van der Waals surface area contributed by atoms with Crippen LogP contribution < -0.4 is 10.6 Å². The molecule has 0 radical (unpaired) electrons. The molecule has 2 aromatic rings. The van der Waals surface area contributed by atoms with Crippen LogP contribution in [-0.4, -0.2) is 26.5 Å². The van der Waals surface area contributed by atoms with Gasteiger partial charge in [-0.1, -0.05) is 18.2 Å². The second-order valence-corrected chi connectivity index (χ2v) is 9.27. The van der Waals surface area contributed by atoms with Crippen molar-refractivity contribution in [3.8, 4) is 0 Å². The van der Waals surface area contributed by atoms with E-state index < -0.39 is 15.7 Å². The van der Waals surface area contributed by atoms with Crippen molar-refractivity contribution in [3.63, 3.8) is 0 Å². The third-order valence-electron chi connectivity index (χ3n) is 4.91. The van der Waals surface area contributed by atoms with Crippen molar-refractivity contribution in [1.29, 1.82) is 0 Å². The molecular formula is C22H24N2O4S. The Kier molecular flexibility index (Phi) is 6.17. The van der Waals surface area contributed by atoms with E-state index in [1.165, 1.54) is 18.2 Å². The summed E-state index contributed by atoms with van der Waals surface area (Å²) in [6, 6.07) is 11.2. The van der Waals surface area contributed by atoms with E-state index in [2.05, 4.69) is 16.7 Å². The van der Waals surface area contributed by atoms with Gasteiger partial charge in [0, 0.05) is 29.1 Å². The van der Waals surface area contributed by atoms with Crippen molar-refractivity contribution < 1.29 is 18.0 Å². The van der Waals surface area contributed by atoms with Gasteiger partial charge in [-0.05, 0) is 68.1 Å². The van der Waals surface area contributed by atoms with Crippen LogP contribution in [0.15, 0.2) is 59.5 Å². The van der Waals surface area contributed by atoms with Crippen LogP contribution in [0.4, 0.5) is 11.4 Å². The average Bonchev–Trinajstić information content (AvgIpc) is 2.70. The van der Waals surface area contributed by atoms with Gasteiger partial charge in [-0.3, -0.25) is 9.59 Å². The Labute approximate surface area is 170 Å². The number of carbonyl (C=O) groups is 2. The maximum absolute atomic E-state index is 12.5. The molecule has 2 N–H and O–H groups in total. The van der Waals surface area contributed by atoms with E-state index in [0.29, 0.717) is 11.4 Å². The lowest BCUT2D eigenvalue weighted by molar-refractivity contribution is -0.120. The number of rotatable bonds is 5. The number of hydrogen-bond acceptors (Lipinski definition) is 4. The first-order valence-electron chi connectivity index (χ1n) is 9.42. The zero-order chi connectivity index (χ0) is 21.0. The fourth-order valence-electron chi connectivity index (χ4n) is 3.22. The SMILES string of the molecule is Cc1cc(NC(=O)C2CC=CCC2)ccc1NC(=O)c1cccc(S(C)(=O)=O)c1. The molecule has 1 aliphatic carbocycles. The van der Waals surface area contributed by atoms with Crippen LogP contribution in [0, 0.1) is 12.8 Å². The number of aryl methyl sites for hydroxylation is 1. The molecule has 0 spiro atoms. The van der Waals surface area contributed by atoms with Crippen molar-refractivity contribution in [2.45, 2.75) is 31.1 Å². The summed E-state index contributed by atoms with van der Waals surface area (Å²) in [6.07, 6.45) is 7.76. The van der Waals surface area contributed by atoms with Crippen LogP contribution in [0.25, 0.3) is 0 Å². The third-order valence-corrected chi connectivity index (χ3v) is 6.02. The summed E-state index contributed by atoms with van der Waals surface area (Å²) in [5, 5.41) is 5.73. The van der Waals surface area contributed by atoms with Crippen LogP contribution in [-0.2, 0) is 14.6 Å². The summed E-state index contributed by atoms with van der Waals surface area (Å²) in [4.78, 5) is 25.0. The smallest absolute Gasteiger partial charge is 0.255 e. The molecule has 6 nitrogen and oxygen atoms in total. The first-order valence-corrected chi connectivity index (χ1v) is 11.3. The normalized spacial score (nSPS) is 16.3. The highest BCUT2D eigenvalue weighted by Gasteiger charge is 2.19. The standard InChI is InChI=1S/C22H24N2O4S/c1-15-13-18(23-21(25)16-7-4-3-5-8-16)11-12-20(15)24-22(26)17-9-6-10-19(14-17)29(2,27)28/h3-4,6,9-14,16H,5,7-8H2,1-2H3,(H,23,25)(H,24,26). The van der Waals surface area contributed by atoms with Gasteiger partial charge in [-0.2, -0.15) is 0 Å². The zero-order valence-electron chi connectivity index (χ0n) is 16.4. The molecule has 0 saturated heterocycles. The number of benzene rings is 2.